The lowest BCUT2D eigenvalue weighted by atomic mass is 10.2. The number of rotatable bonds is 4. The second kappa shape index (κ2) is 5.51. The van der Waals surface area contributed by atoms with Gasteiger partial charge in [0.05, 0.1) is 13.3 Å². The van der Waals surface area contributed by atoms with Crippen LogP contribution >= 0.6 is 0 Å². The first-order valence-corrected chi connectivity index (χ1v) is 5.83. The van der Waals surface area contributed by atoms with Gasteiger partial charge in [0, 0.05) is 11.9 Å². The Balaban J connectivity index is 2.12. The first-order chi connectivity index (χ1) is 9.10. The maximum absolute atomic E-state index is 11.4. The summed E-state index contributed by atoms with van der Waals surface area (Å²) in [6.07, 6.45) is 3.21. The van der Waals surface area contributed by atoms with Gasteiger partial charge in [0.2, 0.25) is 5.89 Å². The van der Waals surface area contributed by atoms with Crippen molar-refractivity contribution in [1.29, 1.82) is 0 Å². The number of oxazole rings is 1. The number of aromatic nitrogens is 2. The summed E-state index contributed by atoms with van der Waals surface area (Å²) >= 11 is 0. The average Bonchev–Trinajstić information content (AvgIpc) is 2.85. The van der Waals surface area contributed by atoms with Gasteiger partial charge in [-0.05, 0) is 26.0 Å². The Bertz CT molecular complexity index is 580. The molecule has 1 atom stereocenters. The summed E-state index contributed by atoms with van der Waals surface area (Å²) in [5, 5.41) is 3.19. The van der Waals surface area contributed by atoms with Crippen LogP contribution in [0.1, 0.15) is 35.1 Å². The Morgan fingerprint density at radius 3 is 2.89 bits per heavy atom. The summed E-state index contributed by atoms with van der Waals surface area (Å²) in [6, 6.07) is 3.28. The fraction of sp³-hybridized carbons (Fsp3) is 0.308. The molecule has 100 valence electrons. The first-order valence-electron chi connectivity index (χ1n) is 5.83. The molecule has 0 aliphatic rings. The molecule has 2 aromatic rings. The summed E-state index contributed by atoms with van der Waals surface area (Å²) < 4.78 is 10.1. The molecular formula is C13H15N3O3. The highest BCUT2D eigenvalue weighted by atomic mass is 16.5. The third-order valence-electron chi connectivity index (χ3n) is 2.55. The van der Waals surface area contributed by atoms with Crippen molar-refractivity contribution in [2.75, 3.05) is 12.4 Å². The van der Waals surface area contributed by atoms with Crippen molar-refractivity contribution < 1.29 is 13.9 Å². The summed E-state index contributed by atoms with van der Waals surface area (Å²) in [5.74, 6) is 0.880. The van der Waals surface area contributed by atoms with Crippen LogP contribution in [-0.2, 0) is 4.74 Å². The Morgan fingerprint density at radius 1 is 1.47 bits per heavy atom. The molecule has 2 heterocycles. The van der Waals surface area contributed by atoms with Crippen LogP contribution in [0.15, 0.2) is 28.9 Å². The van der Waals surface area contributed by atoms with Gasteiger partial charge in [0.1, 0.15) is 17.5 Å². The zero-order chi connectivity index (χ0) is 13.8. The predicted octanol–water partition coefficient (Wildman–Crippen LogP) is 2.34. The molecule has 6 nitrogen and oxygen atoms in total. The number of aryl methyl sites for hydroxylation is 1. The number of anilines is 1. The van der Waals surface area contributed by atoms with E-state index in [2.05, 4.69) is 20.0 Å². The van der Waals surface area contributed by atoms with Gasteiger partial charge in [0.25, 0.3) is 0 Å². The normalized spacial score (nSPS) is 11.9. The molecule has 1 N–H and O–H groups in total. The van der Waals surface area contributed by atoms with Crippen molar-refractivity contribution in [1.82, 2.24) is 9.97 Å². The van der Waals surface area contributed by atoms with E-state index in [1.807, 2.05) is 13.8 Å². The molecule has 0 amide bonds. The molecule has 0 aliphatic heterocycles. The molecule has 0 saturated heterocycles. The average molecular weight is 261 g/mol. The van der Waals surface area contributed by atoms with E-state index in [1.54, 1.807) is 24.5 Å². The van der Waals surface area contributed by atoms with Crippen molar-refractivity contribution in [2.45, 2.75) is 19.9 Å². The van der Waals surface area contributed by atoms with Crippen molar-refractivity contribution in [3.05, 3.63) is 41.9 Å². The molecule has 0 fully saturated rings. The van der Waals surface area contributed by atoms with Crippen LogP contribution in [0.5, 0.6) is 0 Å². The van der Waals surface area contributed by atoms with Crippen molar-refractivity contribution in [3.8, 4) is 0 Å². The Kier molecular flexibility index (Phi) is 3.79. The van der Waals surface area contributed by atoms with Crippen LogP contribution in [0.25, 0.3) is 0 Å². The third-order valence-corrected chi connectivity index (χ3v) is 2.55. The topological polar surface area (TPSA) is 77.2 Å². The highest BCUT2D eigenvalue weighted by Crippen LogP contribution is 2.19. The molecule has 19 heavy (non-hydrogen) atoms. The fourth-order valence-corrected chi connectivity index (χ4v) is 1.62. The molecule has 6 heteroatoms. The summed E-state index contributed by atoms with van der Waals surface area (Å²) in [4.78, 5) is 19.5. The molecule has 0 saturated carbocycles. The summed E-state index contributed by atoms with van der Waals surface area (Å²) in [7, 11) is 1.32. The zero-order valence-corrected chi connectivity index (χ0v) is 11.0. The Hall–Kier alpha value is -2.37. The molecule has 1 unspecified atom stereocenters. The SMILES string of the molecule is COC(=O)c1cc(NC(C)c2ncc(C)o2)ccn1. The molecule has 0 aliphatic carbocycles. The number of hydrogen-bond donors (Lipinski definition) is 1. The van der Waals surface area contributed by atoms with E-state index >= 15 is 0 Å². The minimum atomic E-state index is -0.469. The van der Waals surface area contributed by atoms with E-state index in [9.17, 15) is 4.79 Å². The first kappa shape index (κ1) is 13.1. The quantitative estimate of drug-likeness (QED) is 0.851. The number of nitrogens with one attached hydrogen (secondary N) is 1. The van der Waals surface area contributed by atoms with Gasteiger partial charge in [-0.3, -0.25) is 0 Å². The monoisotopic (exact) mass is 261 g/mol. The van der Waals surface area contributed by atoms with Gasteiger partial charge in [-0.1, -0.05) is 0 Å². The molecule has 0 bridgehead atoms. The maximum Gasteiger partial charge on any atom is 0.356 e. The van der Waals surface area contributed by atoms with Gasteiger partial charge >= 0.3 is 5.97 Å². The fourth-order valence-electron chi connectivity index (χ4n) is 1.62. The van der Waals surface area contributed by atoms with Gasteiger partial charge in [-0.25, -0.2) is 14.8 Å². The Morgan fingerprint density at radius 2 is 2.26 bits per heavy atom. The van der Waals surface area contributed by atoms with Crippen molar-refractivity contribution >= 4 is 11.7 Å². The maximum atomic E-state index is 11.4. The minimum absolute atomic E-state index is 0.110. The van der Waals surface area contributed by atoms with Gasteiger partial charge < -0.3 is 14.5 Å². The summed E-state index contributed by atoms with van der Waals surface area (Å²) in [5.41, 5.74) is 1.00. The lowest BCUT2D eigenvalue weighted by molar-refractivity contribution is 0.0594. The smallest absolute Gasteiger partial charge is 0.356 e. The lowest BCUT2D eigenvalue weighted by Crippen LogP contribution is -2.09. The van der Waals surface area contributed by atoms with Gasteiger partial charge in [0.15, 0.2) is 0 Å². The number of hydrogen-bond acceptors (Lipinski definition) is 6. The van der Waals surface area contributed by atoms with E-state index in [-0.39, 0.29) is 11.7 Å². The second-order valence-electron chi connectivity index (χ2n) is 4.10. The number of ether oxygens (including phenoxy) is 1. The molecule has 0 aromatic carbocycles. The molecule has 2 aromatic heterocycles. The zero-order valence-electron chi connectivity index (χ0n) is 11.0. The number of methoxy groups -OCH3 is 1. The Labute approximate surface area is 110 Å². The number of esters is 1. The lowest BCUT2D eigenvalue weighted by Gasteiger charge is -2.12. The van der Waals surface area contributed by atoms with Crippen molar-refractivity contribution in [2.24, 2.45) is 0 Å². The highest BCUT2D eigenvalue weighted by molar-refractivity contribution is 5.88. The molecular weight excluding hydrogens is 246 g/mol. The third kappa shape index (κ3) is 3.09. The van der Waals surface area contributed by atoms with Crippen LogP contribution in [0.4, 0.5) is 5.69 Å². The molecule has 0 spiro atoms. The number of nitrogens with zero attached hydrogens (tertiary/aromatic N) is 2. The van der Waals surface area contributed by atoms with Crippen molar-refractivity contribution in [3.63, 3.8) is 0 Å². The number of carbonyl (C=O) groups is 1. The molecule has 2 rings (SSSR count). The summed E-state index contributed by atoms with van der Waals surface area (Å²) in [6.45, 7) is 3.76. The minimum Gasteiger partial charge on any atom is -0.464 e. The van der Waals surface area contributed by atoms with Crippen LogP contribution in [0.3, 0.4) is 0 Å². The van der Waals surface area contributed by atoms with Crippen LogP contribution in [-0.4, -0.2) is 23.0 Å². The van der Waals surface area contributed by atoms with Gasteiger partial charge in [-0.15, -0.1) is 0 Å². The van der Waals surface area contributed by atoms with E-state index in [0.29, 0.717) is 5.89 Å². The van der Waals surface area contributed by atoms with E-state index in [0.717, 1.165) is 11.4 Å². The van der Waals surface area contributed by atoms with E-state index in [1.165, 1.54) is 7.11 Å². The number of carbonyl (C=O) groups excluding carboxylic acids is 1. The van der Waals surface area contributed by atoms with Crippen LogP contribution < -0.4 is 5.32 Å². The van der Waals surface area contributed by atoms with E-state index < -0.39 is 5.97 Å². The molecule has 0 radical (unpaired) electrons. The van der Waals surface area contributed by atoms with Crippen LogP contribution in [0.2, 0.25) is 0 Å². The largest absolute Gasteiger partial charge is 0.464 e. The highest BCUT2D eigenvalue weighted by Gasteiger charge is 2.13. The predicted molar refractivity (Wildman–Crippen MR) is 68.9 cm³/mol. The van der Waals surface area contributed by atoms with Crippen LogP contribution in [0, 0.1) is 6.92 Å². The van der Waals surface area contributed by atoms with E-state index in [4.69, 9.17) is 4.42 Å². The number of pyridine rings is 1. The standard InChI is InChI=1S/C13H15N3O3/c1-8-7-15-12(19-8)9(2)16-10-4-5-14-11(6-10)13(17)18-3/h4-7,9H,1-3H3,(H,14,16). The van der Waals surface area contributed by atoms with Gasteiger partial charge in [-0.2, -0.15) is 0 Å². The second-order valence-corrected chi connectivity index (χ2v) is 4.10.